The van der Waals surface area contributed by atoms with Gasteiger partial charge in [0, 0.05) is 19.5 Å². The maximum Gasteiger partial charge on any atom is 0.226 e. The SMILES string of the molecule is Cc1ccc(/C=C/CC(=O)N2CCc3ccc(O)cc3C2)cc1. The van der Waals surface area contributed by atoms with E-state index in [1.165, 1.54) is 11.1 Å². The minimum Gasteiger partial charge on any atom is -0.508 e. The van der Waals surface area contributed by atoms with Gasteiger partial charge in [-0.15, -0.1) is 0 Å². The van der Waals surface area contributed by atoms with Crippen LogP contribution in [0.4, 0.5) is 0 Å². The van der Waals surface area contributed by atoms with Gasteiger partial charge in [-0.25, -0.2) is 0 Å². The van der Waals surface area contributed by atoms with Gasteiger partial charge in [-0.05, 0) is 42.2 Å². The topological polar surface area (TPSA) is 40.5 Å². The van der Waals surface area contributed by atoms with E-state index in [9.17, 15) is 9.90 Å². The molecule has 118 valence electrons. The Bertz CT molecular complexity index is 732. The number of carbonyl (C=O) groups is 1. The van der Waals surface area contributed by atoms with Gasteiger partial charge < -0.3 is 10.0 Å². The molecule has 0 fully saturated rings. The first-order valence-electron chi connectivity index (χ1n) is 7.93. The minimum absolute atomic E-state index is 0.127. The maximum atomic E-state index is 12.3. The summed E-state index contributed by atoms with van der Waals surface area (Å²) in [5.41, 5.74) is 4.61. The molecular weight excluding hydrogens is 286 g/mol. The highest BCUT2D eigenvalue weighted by Crippen LogP contribution is 2.23. The molecule has 2 aromatic rings. The summed E-state index contributed by atoms with van der Waals surface area (Å²) < 4.78 is 0. The van der Waals surface area contributed by atoms with Crippen LogP contribution in [0.15, 0.2) is 48.5 Å². The summed E-state index contributed by atoms with van der Waals surface area (Å²) in [6.07, 6.45) is 5.16. The quantitative estimate of drug-likeness (QED) is 0.939. The van der Waals surface area contributed by atoms with Crippen molar-refractivity contribution in [2.75, 3.05) is 6.54 Å². The summed E-state index contributed by atoms with van der Waals surface area (Å²) >= 11 is 0. The van der Waals surface area contributed by atoms with Crippen LogP contribution >= 0.6 is 0 Å². The predicted octanol–water partition coefficient (Wildman–Crippen LogP) is 3.69. The van der Waals surface area contributed by atoms with Gasteiger partial charge in [-0.1, -0.05) is 48.0 Å². The summed E-state index contributed by atoms with van der Waals surface area (Å²) in [7, 11) is 0. The standard InChI is InChI=1S/C20H21NO2/c1-15-5-7-16(8-6-15)3-2-4-20(23)21-12-11-17-9-10-19(22)13-18(17)14-21/h2-3,5-10,13,22H,4,11-12,14H2,1H3/b3-2+. The van der Waals surface area contributed by atoms with Crippen molar-refractivity contribution in [2.45, 2.75) is 26.3 Å². The number of nitrogens with zero attached hydrogens (tertiary/aromatic N) is 1. The number of rotatable bonds is 3. The van der Waals surface area contributed by atoms with Gasteiger partial charge in [0.2, 0.25) is 5.91 Å². The highest BCUT2D eigenvalue weighted by molar-refractivity contribution is 5.79. The minimum atomic E-state index is 0.127. The number of aromatic hydroxyl groups is 1. The Hall–Kier alpha value is -2.55. The molecular formula is C20H21NO2. The van der Waals surface area contributed by atoms with Gasteiger partial charge in [0.15, 0.2) is 0 Å². The Kier molecular flexibility index (Phi) is 4.47. The van der Waals surface area contributed by atoms with Crippen LogP contribution in [0.3, 0.4) is 0 Å². The Balaban J connectivity index is 1.60. The van der Waals surface area contributed by atoms with E-state index in [-0.39, 0.29) is 11.7 Å². The van der Waals surface area contributed by atoms with Crippen molar-refractivity contribution in [3.05, 3.63) is 70.8 Å². The van der Waals surface area contributed by atoms with Crippen LogP contribution in [0.5, 0.6) is 5.75 Å². The normalized spacial score (nSPS) is 14.0. The lowest BCUT2D eigenvalue weighted by molar-refractivity contribution is -0.131. The molecule has 0 radical (unpaired) electrons. The first-order valence-corrected chi connectivity index (χ1v) is 7.93. The highest BCUT2D eigenvalue weighted by atomic mass is 16.3. The molecule has 3 nitrogen and oxygen atoms in total. The smallest absolute Gasteiger partial charge is 0.226 e. The number of carbonyl (C=O) groups excluding carboxylic acids is 1. The molecule has 1 aliphatic heterocycles. The molecule has 0 saturated carbocycles. The van der Waals surface area contributed by atoms with E-state index in [4.69, 9.17) is 0 Å². The van der Waals surface area contributed by atoms with E-state index in [2.05, 4.69) is 31.2 Å². The second kappa shape index (κ2) is 6.69. The number of amides is 1. The third kappa shape index (κ3) is 3.81. The monoisotopic (exact) mass is 307 g/mol. The Morgan fingerprint density at radius 2 is 1.96 bits per heavy atom. The van der Waals surface area contributed by atoms with Crippen LogP contribution in [-0.2, 0) is 17.8 Å². The molecule has 0 aromatic heterocycles. The van der Waals surface area contributed by atoms with E-state index in [0.717, 1.165) is 24.1 Å². The third-order valence-electron chi connectivity index (χ3n) is 4.23. The maximum absolute atomic E-state index is 12.3. The summed E-state index contributed by atoms with van der Waals surface area (Å²) in [5, 5.41) is 9.59. The van der Waals surface area contributed by atoms with Gasteiger partial charge in [0.25, 0.3) is 0 Å². The molecule has 0 atom stereocenters. The average molecular weight is 307 g/mol. The zero-order chi connectivity index (χ0) is 16.2. The number of aryl methyl sites for hydroxylation is 1. The van der Waals surface area contributed by atoms with Crippen molar-refractivity contribution < 1.29 is 9.90 Å². The number of hydrogen-bond acceptors (Lipinski definition) is 2. The first kappa shape index (κ1) is 15.3. The van der Waals surface area contributed by atoms with Crippen molar-refractivity contribution in [3.8, 4) is 5.75 Å². The van der Waals surface area contributed by atoms with Crippen LogP contribution < -0.4 is 0 Å². The fraction of sp³-hybridized carbons (Fsp3) is 0.250. The number of hydrogen-bond donors (Lipinski definition) is 1. The molecule has 1 heterocycles. The molecule has 0 bridgehead atoms. The Labute approximate surface area is 136 Å². The summed E-state index contributed by atoms with van der Waals surface area (Å²) in [5.74, 6) is 0.389. The van der Waals surface area contributed by atoms with E-state index < -0.39 is 0 Å². The van der Waals surface area contributed by atoms with Gasteiger partial charge in [0.05, 0.1) is 0 Å². The molecule has 0 aliphatic carbocycles. The molecule has 23 heavy (non-hydrogen) atoms. The number of phenolic OH excluding ortho intramolecular Hbond substituents is 1. The molecule has 1 amide bonds. The molecule has 0 spiro atoms. The van der Waals surface area contributed by atoms with Crippen molar-refractivity contribution in [1.29, 1.82) is 0 Å². The number of fused-ring (bicyclic) bond motifs is 1. The third-order valence-corrected chi connectivity index (χ3v) is 4.23. The summed E-state index contributed by atoms with van der Waals surface area (Å²) in [4.78, 5) is 14.2. The second-order valence-electron chi connectivity index (χ2n) is 6.04. The fourth-order valence-corrected chi connectivity index (χ4v) is 2.86. The first-order chi connectivity index (χ1) is 11.1. The van der Waals surface area contributed by atoms with Gasteiger partial charge >= 0.3 is 0 Å². The summed E-state index contributed by atoms with van der Waals surface area (Å²) in [6, 6.07) is 13.7. The van der Waals surface area contributed by atoms with Gasteiger partial charge in [-0.2, -0.15) is 0 Å². The van der Waals surface area contributed by atoms with Crippen molar-refractivity contribution in [1.82, 2.24) is 4.90 Å². The van der Waals surface area contributed by atoms with Crippen molar-refractivity contribution in [3.63, 3.8) is 0 Å². The van der Waals surface area contributed by atoms with Crippen LogP contribution in [0.2, 0.25) is 0 Å². The van der Waals surface area contributed by atoms with E-state index in [1.54, 1.807) is 12.1 Å². The van der Waals surface area contributed by atoms with E-state index in [1.807, 2.05) is 23.1 Å². The number of benzene rings is 2. The van der Waals surface area contributed by atoms with Crippen LogP contribution in [0, 0.1) is 6.92 Å². The molecule has 1 aliphatic rings. The zero-order valence-corrected chi connectivity index (χ0v) is 13.3. The molecule has 3 heteroatoms. The molecule has 0 unspecified atom stereocenters. The van der Waals surface area contributed by atoms with Crippen LogP contribution in [-0.4, -0.2) is 22.5 Å². The molecule has 0 saturated heterocycles. The Morgan fingerprint density at radius 1 is 1.17 bits per heavy atom. The Morgan fingerprint density at radius 3 is 2.74 bits per heavy atom. The van der Waals surface area contributed by atoms with E-state index in [0.29, 0.717) is 13.0 Å². The molecule has 2 aromatic carbocycles. The van der Waals surface area contributed by atoms with Crippen molar-refractivity contribution >= 4 is 12.0 Å². The van der Waals surface area contributed by atoms with Crippen LogP contribution in [0.25, 0.3) is 6.08 Å². The fourth-order valence-electron chi connectivity index (χ4n) is 2.86. The zero-order valence-electron chi connectivity index (χ0n) is 13.3. The summed E-state index contributed by atoms with van der Waals surface area (Å²) in [6.45, 7) is 3.39. The largest absolute Gasteiger partial charge is 0.508 e. The lowest BCUT2D eigenvalue weighted by Gasteiger charge is -2.28. The van der Waals surface area contributed by atoms with Gasteiger partial charge in [-0.3, -0.25) is 4.79 Å². The average Bonchev–Trinajstić information content (AvgIpc) is 2.56. The highest BCUT2D eigenvalue weighted by Gasteiger charge is 2.19. The predicted molar refractivity (Wildman–Crippen MR) is 92.1 cm³/mol. The second-order valence-corrected chi connectivity index (χ2v) is 6.04. The van der Waals surface area contributed by atoms with E-state index >= 15 is 0 Å². The lowest BCUT2D eigenvalue weighted by atomic mass is 9.99. The number of phenols is 1. The molecule has 3 rings (SSSR count). The van der Waals surface area contributed by atoms with Crippen LogP contribution in [0.1, 0.15) is 28.7 Å². The molecule has 1 N–H and O–H groups in total. The van der Waals surface area contributed by atoms with Gasteiger partial charge in [0.1, 0.15) is 5.75 Å². The van der Waals surface area contributed by atoms with Crippen molar-refractivity contribution in [2.24, 2.45) is 0 Å². The lowest BCUT2D eigenvalue weighted by Crippen LogP contribution is -2.35.